The summed E-state index contributed by atoms with van der Waals surface area (Å²) in [6.45, 7) is 0. The third kappa shape index (κ3) is 5.33. The number of nitrogens with one attached hydrogen (secondary N) is 2. The maximum atomic E-state index is 12.4. The fourth-order valence-electron chi connectivity index (χ4n) is 3.31. The Morgan fingerprint density at radius 3 is 2.37 bits per heavy atom. The van der Waals surface area contributed by atoms with Gasteiger partial charge in [0.1, 0.15) is 17.2 Å². The molecule has 9 nitrogen and oxygen atoms in total. The first-order valence-electron chi connectivity index (χ1n) is 10.7. The Balaban J connectivity index is 1.17. The summed E-state index contributed by atoms with van der Waals surface area (Å²) in [4.78, 5) is 12.4. The number of nitrogens with zero attached hydrogens (tertiary/aromatic N) is 4. The van der Waals surface area contributed by atoms with Crippen LogP contribution in [-0.2, 0) is 4.79 Å². The van der Waals surface area contributed by atoms with Gasteiger partial charge in [0, 0.05) is 11.3 Å². The zero-order chi connectivity index (χ0) is 24.0. The summed E-state index contributed by atoms with van der Waals surface area (Å²) >= 11 is 1.19. The molecule has 0 spiro atoms. The summed E-state index contributed by atoms with van der Waals surface area (Å²) in [7, 11) is 0. The molecule has 174 valence electrons. The second-order valence-corrected chi connectivity index (χ2v) is 8.43. The van der Waals surface area contributed by atoms with Crippen molar-refractivity contribution in [3.05, 3.63) is 91.0 Å². The van der Waals surface area contributed by atoms with Crippen LogP contribution in [0.4, 0.5) is 5.69 Å². The van der Waals surface area contributed by atoms with Crippen LogP contribution < -0.4 is 15.9 Å². The molecule has 35 heavy (non-hydrogen) atoms. The van der Waals surface area contributed by atoms with Gasteiger partial charge in [0.25, 0.3) is 0 Å². The van der Waals surface area contributed by atoms with Crippen LogP contribution in [0.1, 0.15) is 0 Å². The highest BCUT2D eigenvalue weighted by Gasteiger charge is 2.16. The average molecular weight is 484 g/mol. The fraction of sp³-hybridized carbons (Fsp3) is 0.0400. The SMILES string of the molecule is Nn1c(SCC(=O)Nc2ccc(Oc3ccccc3)cc2)nnc1-c1cc(-c2ccccc2)n[nH]1. The number of benzene rings is 3. The van der Waals surface area contributed by atoms with Gasteiger partial charge in [-0.1, -0.05) is 60.3 Å². The highest BCUT2D eigenvalue weighted by atomic mass is 32.2. The second kappa shape index (κ2) is 10.1. The van der Waals surface area contributed by atoms with Crippen molar-refractivity contribution in [1.29, 1.82) is 0 Å². The summed E-state index contributed by atoms with van der Waals surface area (Å²) in [5, 5.41) is 18.8. The van der Waals surface area contributed by atoms with Gasteiger partial charge in [-0.15, -0.1) is 10.2 Å². The molecule has 0 aliphatic rings. The molecule has 5 aromatic rings. The molecule has 0 bridgehead atoms. The minimum absolute atomic E-state index is 0.121. The molecular weight excluding hydrogens is 462 g/mol. The number of nitrogen functional groups attached to an aromatic ring is 1. The van der Waals surface area contributed by atoms with E-state index in [-0.39, 0.29) is 11.7 Å². The van der Waals surface area contributed by atoms with Crippen molar-refractivity contribution in [3.8, 4) is 34.3 Å². The van der Waals surface area contributed by atoms with E-state index in [0.29, 0.717) is 28.1 Å². The van der Waals surface area contributed by atoms with E-state index >= 15 is 0 Å². The summed E-state index contributed by atoms with van der Waals surface area (Å²) in [6, 6.07) is 28.3. The van der Waals surface area contributed by atoms with E-state index in [9.17, 15) is 4.79 Å². The van der Waals surface area contributed by atoms with E-state index in [1.807, 2.05) is 66.7 Å². The number of carbonyl (C=O) groups is 1. The first kappa shape index (κ1) is 22.2. The topological polar surface area (TPSA) is 124 Å². The van der Waals surface area contributed by atoms with Gasteiger partial charge in [0.15, 0.2) is 0 Å². The van der Waals surface area contributed by atoms with Crippen molar-refractivity contribution < 1.29 is 9.53 Å². The number of hydrogen-bond acceptors (Lipinski definition) is 7. The largest absolute Gasteiger partial charge is 0.457 e. The van der Waals surface area contributed by atoms with Crippen molar-refractivity contribution in [2.75, 3.05) is 16.9 Å². The second-order valence-electron chi connectivity index (χ2n) is 7.49. The van der Waals surface area contributed by atoms with Gasteiger partial charge in [-0.3, -0.25) is 9.89 Å². The molecule has 3 aromatic carbocycles. The Labute approximate surface area is 205 Å². The first-order chi connectivity index (χ1) is 17.2. The number of anilines is 1. The minimum Gasteiger partial charge on any atom is -0.457 e. The van der Waals surface area contributed by atoms with Gasteiger partial charge in [0.2, 0.25) is 16.9 Å². The van der Waals surface area contributed by atoms with E-state index in [4.69, 9.17) is 10.6 Å². The highest BCUT2D eigenvalue weighted by Crippen LogP contribution is 2.25. The standard InChI is InChI=1S/C25H21N7O2S/c26-32-24(22-15-21(28-29-22)17-7-3-1-4-8-17)30-31-25(32)35-16-23(33)27-18-11-13-20(14-12-18)34-19-9-5-2-6-10-19/h1-15H,16,26H2,(H,27,33)(H,28,29). The predicted molar refractivity (Wildman–Crippen MR) is 136 cm³/mol. The molecule has 4 N–H and O–H groups in total. The normalized spacial score (nSPS) is 10.7. The molecule has 2 aromatic heterocycles. The summed E-state index contributed by atoms with van der Waals surface area (Å²) in [6.07, 6.45) is 0. The number of nitrogens with two attached hydrogens (primary N) is 1. The number of aromatic nitrogens is 5. The molecule has 10 heteroatoms. The number of amides is 1. The zero-order valence-corrected chi connectivity index (χ0v) is 19.3. The summed E-state index contributed by atoms with van der Waals surface area (Å²) < 4.78 is 7.11. The van der Waals surface area contributed by atoms with Gasteiger partial charge in [0.05, 0.1) is 11.4 Å². The van der Waals surface area contributed by atoms with E-state index in [1.54, 1.807) is 24.3 Å². The van der Waals surface area contributed by atoms with Crippen molar-refractivity contribution in [3.63, 3.8) is 0 Å². The van der Waals surface area contributed by atoms with Crippen LogP contribution in [0, 0.1) is 0 Å². The van der Waals surface area contributed by atoms with Crippen LogP contribution in [0.5, 0.6) is 11.5 Å². The maximum Gasteiger partial charge on any atom is 0.234 e. The number of carbonyl (C=O) groups excluding carboxylic acids is 1. The third-order valence-electron chi connectivity index (χ3n) is 5.00. The Kier molecular flexibility index (Phi) is 6.44. The van der Waals surface area contributed by atoms with Crippen molar-refractivity contribution >= 4 is 23.4 Å². The molecule has 0 saturated carbocycles. The lowest BCUT2D eigenvalue weighted by Crippen LogP contribution is -2.16. The molecule has 0 atom stereocenters. The monoisotopic (exact) mass is 483 g/mol. The average Bonchev–Trinajstić information content (AvgIpc) is 3.52. The lowest BCUT2D eigenvalue weighted by Gasteiger charge is -2.08. The Bertz CT molecular complexity index is 1420. The van der Waals surface area contributed by atoms with E-state index in [1.165, 1.54) is 16.4 Å². The minimum atomic E-state index is -0.191. The highest BCUT2D eigenvalue weighted by molar-refractivity contribution is 7.99. The molecule has 0 fully saturated rings. The number of para-hydroxylation sites is 1. The molecule has 0 radical (unpaired) electrons. The van der Waals surface area contributed by atoms with Crippen LogP contribution in [-0.4, -0.2) is 36.7 Å². The molecule has 0 aliphatic heterocycles. The molecule has 0 unspecified atom stereocenters. The molecule has 0 aliphatic carbocycles. The van der Waals surface area contributed by atoms with E-state index in [2.05, 4.69) is 25.7 Å². The third-order valence-corrected chi connectivity index (χ3v) is 5.95. The molecule has 0 saturated heterocycles. The molecule has 2 heterocycles. The number of thioether (sulfide) groups is 1. The van der Waals surface area contributed by atoms with Gasteiger partial charge in [-0.25, -0.2) is 4.68 Å². The van der Waals surface area contributed by atoms with Crippen molar-refractivity contribution in [2.45, 2.75) is 5.16 Å². The number of hydrogen-bond donors (Lipinski definition) is 3. The van der Waals surface area contributed by atoms with Crippen molar-refractivity contribution in [1.82, 2.24) is 25.1 Å². The van der Waals surface area contributed by atoms with Gasteiger partial charge in [-0.2, -0.15) is 5.10 Å². The van der Waals surface area contributed by atoms with Crippen LogP contribution in [0.15, 0.2) is 96.2 Å². The zero-order valence-electron chi connectivity index (χ0n) is 18.5. The first-order valence-corrected chi connectivity index (χ1v) is 11.7. The number of H-pyrrole nitrogens is 1. The van der Waals surface area contributed by atoms with Gasteiger partial charge in [-0.05, 0) is 42.5 Å². The van der Waals surface area contributed by atoms with Crippen LogP contribution in [0.25, 0.3) is 22.8 Å². The smallest absolute Gasteiger partial charge is 0.234 e. The van der Waals surface area contributed by atoms with E-state index < -0.39 is 0 Å². The van der Waals surface area contributed by atoms with Gasteiger partial charge >= 0.3 is 0 Å². The predicted octanol–water partition coefficient (Wildman–Crippen LogP) is 4.57. The quantitative estimate of drug-likeness (QED) is 0.218. The summed E-state index contributed by atoms with van der Waals surface area (Å²) in [5.74, 6) is 7.97. The number of aromatic amines is 1. The Hall–Kier alpha value is -4.57. The lowest BCUT2D eigenvalue weighted by molar-refractivity contribution is -0.113. The fourth-order valence-corrected chi connectivity index (χ4v) is 3.97. The molecular formula is C25H21N7O2S. The molecule has 5 rings (SSSR count). The van der Waals surface area contributed by atoms with Crippen LogP contribution in [0.2, 0.25) is 0 Å². The van der Waals surface area contributed by atoms with E-state index in [0.717, 1.165) is 17.0 Å². The Morgan fingerprint density at radius 1 is 0.943 bits per heavy atom. The van der Waals surface area contributed by atoms with Gasteiger partial charge < -0.3 is 15.9 Å². The maximum absolute atomic E-state index is 12.4. The Morgan fingerprint density at radius 2 is 1.63 bits per heavy atom. The van der Waals surface area contributed by atoms with Crippen molar-refractivity contribution in [2.24, 2.45) is 0 Å². The van der Waals surface area contributed by atoms with Crippen LogP contribution >= 0.6 is 11.8 Å². The number of rotatable bonds is 8. The molecule has 1 amide bonds. The lowest BCUT2D eigenvalue weighted by atomic mass is 10.1. The summed E-state index contributed by atoms with van der Waals surface area (Å²) in [5.41, 5.74) is 3.05. The van der Waals surface area contributed by atoms with Crippen LogP contribution in [0.3, 0.4) is 0 Å². The number of ether oxygens (including phenoxy) is 1.